The molecule has 0 fully saturated rings. The first kappa shape index (κ1) is 7.54. The quantitative estimate of drug-likeness (QED) is 0.571. The Labute approximate surface area is 65.5 Å². The zero-order valence-electron chi connectivity index (χ0n) is 6.05. The fourth-order valence-electron chi connectivity index (χ4n) is 0.539. The second-order valence-corrected chi connectivity index (χ2v) is 1.82. The molecule has 2 nitrogen and oxygen atoms in total. The summed E-state index contributed by atoms with van der Waals surface area (Å²) in [5, 5.41) is 0. The number of rotatable bonds is 0. The van der Waals surface area contributed by atoms with Gasteiger partial charge in [-0.15, -0.1) is 0 Å². The normalized spacial score (nSPS) is 8.00. The van der Waals surface area contributed by atoms with E-state index in [0.717, 1.165) is 0 Å². The molecule has 0 aliphatic carbocycles. The highest BCUT2D eigenvalue weighted by molar-refractivity contribution is 4.88. The van der Waals surface area contributed by atoms with E-state index in [2.05, 4.69) is 9.40 Å². The molecule has 0 aliphatic rings. The van der Waals surface area contributed by atoms with Gasteiger partial charge in [-0.3, -0.25) is 4.98 Å². The van der Waals surface area contributed by atoms with Crippen LogP contribution in [0.15, 0.2) is 59.7 Å². The van der Waals surface area contributed by atoms with Crippen molar-refractivity contribution in [2.75, 3.05) is 0 Å². The SMILES string of the molecule is c1ccncc1.c1ccoc1. The molecule has 0 radical (unpaired) electrons. The van der Waals surface area contributed by atoms with Gasteiger partial charge in [0, 0.05) is 12.4 Å². The van der Waals surface area contributed by atoms with E-state index < -0.39 is 0 Å². The zero-order chi connectivity index (χ0) is 7.78. The van der Waals surface area contributed by atoms with Crippen LogP contribution in [0.2, 0.25) is 0 Å². The summed E-state index contributed by atoms with van der Waals surface area (Å²) >= 11 is 0. The van der Waals surface area contributed by atoms with Crippen molar-refractivity contribution < 1.29 is 4.42 Å². The first-order chi connectivity index (χ1) is 5.50. The molecule has 2 heteroatoms. The van der Waals surface area contributed by atoms with Gasteiger partial charge in [0.15, 0.2) is 0 Å². The molecule has 0 atom stereocenters. The number of nitrogens with zero attached hydrogens (tertiary/aromatic N) is 1. The van der Waals surface area contributed by atoms with Crippen LogP contribution in [0.4, 0.5) is 0 Å². The smallest absolute Gasteiger partial charge is 0.0902 e. The zero-order valence-corrected chi connectivity index (χ0v) is 6.05. The Balaban J connectivity index is 0.000000112. The van der Waals surface area contributed by atoms with Crippen LogP contribution < -0.4 is 0 Å². The van der Waals surface area contributed by atoms with Gasteiger partial charge in [-0.1, -0.05) is 6.07 Å². The Hall–Kier alpha value is -1.57. The van der Waals surface area contributed by atoms with Crippen molar-refractivity contribution in [1.82, 2.24) is 4.98 Å². The maximum absolute atomic E-state index is 4.58. The molecule has 2 aromatic heterocycles. The van der Waals surface area contributed by atoms with Gasteiger partial charge in [0.05, 0.1) is 12.5 Å². The molecule has 2 rings (SSSR count). The number of hydrogen-bond acceptors (Lipinski definition) is 2. The van der Waals surface area contributed by atoms with Gasteiger partial charge < -0.3 is 4.42 Å². The van der Waals surface area contributed by atoms with Crippen molar-refractivity contribution in [2.24, 2.45) is 0 Å². The monoisotopic (exact) mass is 147 g/mol. The fourth-order valence-corrected chi connectivity index (χ4v) is 0.539. The second-order valence-electron chi connectivity index (χ2n) is 1.82. The maximum Gasteiger partial charge on any atom is 0.0902 e. The first-order valence-corrected chi connectivity index (χ1v) is 3.32. The molecular weight excluding hydrogens is 138 g/mol. The van der Waals surface area contributed by atoms with Crippen LogP contribution in [0.25, 0.3) is 0 Å². The third-order valence-corrected chi connectivity index (χ3v) is 0.992. The summed E-state index contributed by atoms with van der Waals surface area (Å²) in [6.07, 6.45) is 6.75. The van der Waals surface area contributed by atoms with Crippen LogP contribution in [-0.2, 0) is 0 Å². The van der Waals surface area contributed by atoms with E-state index in [1.165, 1.54) is 0 Å². The summed E-state index contributed by atoms with van der Waals surface area (Å²) < 4.78 is 4.58. The highest BCUT2D eigenvalue weighted by atomic mass is 16.3. The molecular formula is C9H9NO. The molecule has 0 bridgehead atoms. The predicted octanol–water partition coefficient (Wildman–Crippen LogP) is 2.36. The molecule has 0 spiro atoms. The fraction of sp³-hybridized carbons (Fsp3) is 0. The van der Waals surface area contributed by atoms with E-state index in [1.807, 2.05) is 30.3 Å². The van der Waals surface area contributed by atoms with E-state index >= 15 is 0 Å². The van der Waals surface area contributed by atoms with E-state index in [-0.39, 0.29) is 0 Å². The minimum Gasteiger partial charge on any atom is -0.473 e. The number of pyridine rings is 1. The summed E-state index contributed by atoms with van der Waals surface area (Å²) in [7, 11) is 0. The standard InChI is InChI=1S/C5H5N.C4H4O/c1-2-4-6-5-3-1;1-2-4-5-3-1/h1-5H;1-4H. The third kappa shape index (κ3) is 3.92. The summed E-state index contributed by atoms with van der Waals surface area (Å²) in [5.74, 6) is 0. The van der Waals surface area contributed by atoms with Crippen LogP contribution in [0.5, 0.6) is 0 Å². The lowest BCUT2D eigenvalue weighted by atomic mass is 10.5. The minimum atomic E-state index is 1.62. The van der Waals surface area contributed by atoms with Crippen molar-refractivity contribution in [2.45, 2.75) is 0 Å². The molecule has 0 saturated heterocycles. The number of aromatic nitrogens is 1. The maximum atomic E-state index is 4.58. The Kier molecular flexibility index (Phi) is 3.59. The second kappa shape index (κ2) is 5.23. The van der Waals surface area contributed by atoms with E-state index in [4.69, 9.17) is 0 Å². The molecule has 0 saturated carbocycles. The van der Waals surface area contributed by atoms with Crippen LogP contribution in [0.3, 0.4) is 0 Å². The van der Waals surface area contributed by atoms with E-state index in [9.17, 15) is 0 Å². The number of hydrogen-bond donors (Lipinski definition) is 0. The summed E-state index contributed by atoms with van der Waals surface area (Å²) in [4.78, 5) is 3.78. The summed E-state index contributed by atoms with van der Waals surface area (Å²) in [5.41, 5.74) is 0. The first-order valence-electron chi connectivity index (χ1n) is 3.32. The third-order valence-electron chi connectivity index (χ3n) is 0.992. The molecule has 2 aromatic rings. The van der Waals surface area contributed by atoms with Crippen molar-refractivity contribution in [3.8, 4) is 0 Å². The summed E-state index contributed by atoms with van der Waals surface area (Å²) in [6, 6.07) is 9.38. The van der Waals surface area contributed by atoms with Crippen LogP contribution in [0, 0.1) is 0 Å². The molecule has 2 heterocycles. The lowest BCUT2D eigenvalue weighted by molar-refractivity contribution is 0.567. The Morgan fingerprint density at radius 1 is 0.727 bits per heavy atom. The summed E-state index contributed by atoms with van der Waals surface area (Å²) in [6.45, 7) is 0. The largest absolute Gasteiger partial charge is 0.473 e. The average molecular weight is 147 g/mol. The van der Waals surface area contributed by atoms with Gasteiger partial charge in [-0.05, 0) is 24.3 Å². The van der Waals surface area contributed by atoms with Gasteiger partial charge in [0.2, 0.25) is 0 Å². The molecule has 56 valence electrons. The van der Waals surface area contributed by atoms with Gasteiger partial charge in [-0.2, -0.15) is 0 Å². The lowest BCUT2D eigenvalue weighted by Gasteiger charge is -1.70. The van der Waals surface area contributed by atoms with Crippen LogP contribution in [-0.4, -0.2) is 4.98 Å². The van der Waals surface area contributed by atoms with Crippen molar-refractivity contribution in [3.05, 3.63) is 55.3 Å². The number of furan rings is 1. The highest BCUT2D eigenvalue weighted by Crippen LogP contribution is 1.79. The van der Waals surface area contributed by atoms with E-state index in [0.29, 0.717) is 0 Å². The van der Waals surface area contributed by atoms with Gasteiger partial charge in [0.25, 0.3) is 0 Å². The Bertz CT molecular complexity index is 195. The van der Waals surface area contributed by atoms with Crippen molar-refractivity contribution in [3.63, 3.8) is 0 Å². The van der Waals surface area contributed by atoms with Crippen molar-refractivity contribution in [1.29, 1.82) is 0 Å². The van der Waals surface area contributed by atoms with Crippen LogP contribution >= 0.6 is 0 Å². The van der Waals surface area contributed by atoms with Gasteiger partial charge in [0.1, 0.15) is 0 Å². The molecule has 0 aromatic carbocycles. The lowest BCUT2D eigenvalue weighted by Crippen LogP contribution is -1.58. The molecule has 0 aliphatic heterocycles. The minimum absolute atomic E-state index is 1.62. The molecule has 11 heavy (non-hydrogen) atoms. The van der Waals surface area contributed by atoms with Gasteiger partial charge in [-0.25, -0.2) is 0 Å². The molecule has 0 unspecified atom stereocenters. The van der Waals surface area contributed by atoms with Crippen molar-refractivity contribution >= 4 is 0 Å². The molecule has 0 N–H and O–H groups in total. The van der Waals surface area contributed by atoms with E-state index in [1.54, 1.807) is 24.9 Å². The average Bonchev–Trinajstić information content (AvgIpc) is 2.64. The molecule has 0 amide bonds. The van der Waals surface area contributed by atoms with Crippen LogP contribution in [0.1, 0.15) is 0 Å². The highest BCUT2D eigenvalue weighted by Gasteiger charge is 1.59. The Morgan fingerprint density at radius 3 is 1.55 bits per heavy atom. The predicted molar refractivity (Wildman–Crippen MR) is 42.9 cm³/mol. The Morgan fingerprint density at radius 2 is 1.36 bits per heavy atom. The van der Waals surface area contributed by atoms with Gasteiger partial charge >= 0.3 is 0 Å². The topological polar surface area (TPSA) is 26.0 Å².